The summed E-state index contributed by atoms with van der Waals surface area (Å²) < 4.78 is 4.99. The molecule has 5 nitrogen and oxygen atoms in total. The SMILES string of the molecule is CC(C)c1cccnc1C1CC1.CC(C)c1ccnc(C2CC2)c1.CC(C)c1ncccc1C1CC1.COc1cc(C(C)C)ccn1. The van der Waals surface area contributed by atoms with E-state index in [2.05, 4.69) is 106 Å². The van der Waals surface area contributed by atoms with E-state index in [4.69, 9.17) is 4.74 Å². The van der Waals surface area contributed by atoms with Gasteiger partial charge in [0, 0.05) is 59.8 Å². The van der Waals surface area contributed by atoms with Gasteiger partial charge in [0.1, 0.15) is 0 Å². The smallest absolute Gasteiger partial charge is 0.213 e. The number of nitrogens with zero attached hydrogens (tertiary/aromatic N) is 4. The highest BCUT2D eigenvalue weighted by Crippen LogP contribution is 2.43. The minimum Gasteiger partial charge on any atom is -0.481 e. The highest BCUT2D eigenvalue weighted by atomic mass is 16.5. The lowest BCUT2D eigenvalue weighted by atomic mass is 9.99. The molecule has 3 aliphatic carbocycles. The van der Waals surface area contributed by atoms with E-state index in [-0.39, 0.29) is 0 Å². The zero-order chi connectivity index (χ0) is 33.9. The minimum absolute atomic E-state index is 0.534. The predicted molar refractivity (Wildman–Crippen MR) is 196 cm³/mol. The second-order valence-electron chi connectivity index (χ2n) is 14.5. The zero-order valence-electron chi connectivity index (χ0n) is 30.4. The third-order valence-electron chi connectivity index (χ3n) is 8.99. The Kier molecular flexibility index (Phi) is 13.5. The Morgan fingerprint density at radius 1 is 0.553 bits per heavy atom. The molecule has 47 heavy (non-hydrogen) atoms. The van der Waals surface area contributed by atoms with Crippen LogP contribution >= 0.6 is 0 Å². The van der Waals surface area contributed by atoms with Crippen LogP contribution in [-0.4, -0.2) is 27.0 Å². The van der Waals surface area contributed by atoms with Gasteiger partial charge in [0.25, 0.3) is 0 Å². The summed E-state index contributed by atoms with van der Waals surface area (Å²) >= 11 is 0. The van der Waals surface area contributed by atoms with Crippen LogP contribution in [0.2, 0.25) is 0 Å². The number of hydrogen-bond donors (Lipinski definition) is 0. The van der Waals surface area contributed by atoms with Gasteiger partial charge in [-0.25, -0.2) is 4.98 Å². The molecule has 0 aromatic carbocycles. The van der Waals surface area contributed by atoms with Gasteiger partial charge in [0.2, 0.25) is 5.88 Å². The molecule has 4 aromatic heterocycles. The Balaban J connectivity index is 0.000000142. The summed E-state index contributed by atoms with van der Waals surface area (Å²) in [6, 6.07) is 16.9. The van der Waals surface area contributed by atoms with Gasteiger partial charge >= 0.3 is 0 Å². The van der Waals surface area contributed by atoms with Crippen LogP contribution in [0.3, 0.4) is 0 Å². The molecule has 0 amide bonds. The van der Waals surface area contributed by atoms with Crippen molar-refractivity contribution in [3.63, 3.8) is 0 Å². The van der Waals surface area contributed by atoms with Gasteiger partial charge in [0.05, 0.1) is 7.11 Å². The fourth-order valence-electron chi connectivity index (χ4n) is 5.59. The van der Waals surface area contributed by atoms with E-state index in [0.717, 1.165) is 17.8 Å². The lowest BCUT2D eigenvalue weighted by Crippen LogP contribution is -1.97. The third kappa shape index (κ3) is 11.6. The van der Waals surface area contributed by atoms with Gasteiger partial charge < -0.3 is 4.74 Å². The topological polar surface area (TPSA) is 60.8 Å². The van der Waals surface area contributed by atoms with Crippen molar-refractivity contribution in [2.75, 3.05) is 7.11 Å². The van der Waals surface area contributed by atoms with E-state index < -0.39 is 0 Å². The molecular formula is C42H58N4O. The fraction of sp³-hybridized carbons (Fsp3) is 0.524. The van der Waals surface area contributed by atoms with E-state index in [1.165, 1.54) is 77.9 Å². The van der Waals surface area contributed by atoms with E-state index in [1.807, 2.05) is 36.8 Å². The van der Waals surface area contributed by atoms with Crippen molar-refractivity contribution in [1.82, 2.24) is 19.9 Å². The molecule has 3 aliphatic rings. The van der Waals surface area contributed by atoms with Crippen molar-refractivity contribution in [3.8, 4) is 5.88 Å². The van der Waals surface area contributed by atoms with Crippen LogP contribution in [-0.2, 0) is 0 Å². The molecule has 5 heteroatoms. The van der Waals surface area contributed by atoms with Crippen LogP contribution in [0.15, 0.2) is 73.3 Å². The minimum atomic E-state index is 0.534. The molecule has 0 atom stereocenters. The van der Waals surface area contributed by atoms with Crippen molar-refractivity contribution in [2.24, 2.45) is 0 Å². The summed E-state index contributed by atoms with van der Waals surface area (Å²) in [7, 11) is 1.63. The number of rotatable bonds is 8. The predicted octanol–water partition coefficient (Wildman–Crippen LogP) is 11.5. The summed E-state index contributed by atoms with van der Waals surface area (Å²) in [5.41, 5.74) is 9.59. The van der Waals surface area contributed by atoms with Gasteiger partial charge in [-0.3, -0.25) is 15.0 Å². The van der Waals surface area contributed by atoms with E-state index in [0.29, 0.717) is 29.6 Å². The van der Waals surface area contributed by atoms with Crippen LogP contribution in [0.25, 0.3) is 0 Å². The lowest BCUT2D eigenvalue weighted by Gasteiger charge is -2.09. The molecule has 3 fully saturated rings. The maximum Gasteiger partial charge on any atom is 0.213 e. The van der Waals surface area contributed by atoms with Gasteiger partial charge in [-0.15, -0.1) is 0 Å². The van der Waals surface area contributed by atoms with Crippen LogP contribution in [0.5, 0.6) is 5.88 Å². The number of aromatic nitrogens is 4. The second-order valence-corrected chi connectivity index (χ2v) is 14.5. The maximum absolute atomic E-state index is 4.99. The van der Waals surface area contributed by atoms with Gasteiger partial charge in [0.15, 0.2) is 0 Å². The first-order chi connectivity index (χ1) is 22.6. The first kappa shape index (κ1) is 36.2. The molecule has 3 saturated carbocycles. The van der Waals surface area contributed by atoms with Gasteiger partial charge in [-0.1, -0.05) is 67.5 Å². The Labute approximate surface area is 285 Å². The van der Waals surface area contributed by atoms with Crippen molar-refractivity contribution in [1.29, 1.82) is 0 Å². The maximum atomic E-state index is 4.99. The summed E-state index contributed by atoms with van der Waals surface area (Å²) in [6.45, 7) is 17.7. The molecular weight excluding hydrogens is 576 g/mol. The third-order valence-corrected chi connectivity index (χ3v) is 8.99. The molecule has 0 saturated heterocycles. The summed E-state index contributed by atoms with van der Waals surface area (Å²) in [5, 5.41) is 0. The number of pyridine rings is 4. The molecule has 0 unspecified atom stereocenters. The molecule has 0 N–H and O–H groups in total. The Hall–Kier alpha value is -3.60. The average Bonchev–Trinajstić information content (AvgIpc) is 3.93. The molecule has 252 valence electrons. The van der Waals surface area contributed by atoms with Crippen LogP contribution in [0, 0.1) is 0 Å². The van der Waals surface area contributed by atoms with Gasteiger partial charge in [-0.05, 0) is 121 Å². The molecule has 4 aromatic rings. The molecule has 0 aliphatic heterocycles. The summed E-state index contributed by atoms with van der Waals surface area (Å²) in [4.78, 5) is 17.3. The quantitative estimate of drug-likeness (QED) is 0.193. The second kappa shape index (κ2) is 17.5. The monoisotopic (exact) mass is 634 g/mol. The Bertz CT molecular complexity index is 1400. The van der Waals surface area contributed by atoms with Crippen molar-refractivity contribution in [2.45, 2.75) is 135 Å². The number of ether oxygens (including phenoxy) is 1. The van der Waals surface area contributed by atoms with E-state index in [1.54, 1.807) is 13.3 Å². The largest absolute Gasteiger partial charge is 0.481 e. The first-order valence-corrected chi connectivity index (χ1v) is 17.9. The van der Waals surface area contributed by atoms with E-state index >= 15 is 0 Å². The normalized spacial score (nSPS) is 15.3. The highest BCUT2D eigenvalue weighted by Gasteiger charge is 2.28. The molecule has 0 spiro atoms. The van der Waals surface area contributed by atoms with Crippen LogP contribution < -0.4 is 4.74 Å². The number of hydrogen-bond acceptors (Lipinski definition) is 5. The van der Waals surface area contributed by atoms with E-state index in [9.17, 15) is 0 Å². The molecule has 0 bridgehead atoms. The summed E-state index contributed by atoms with van der Waals surface area (Å²) in [6.07, 6.45) is 15.6. The number of methoxy groups -OCH3 is 1. The van der Waals surface area contributed by atoms with Crippen molar-refractivity contribution >= 4 is 0 Å². The van der Waals surface area contributed by atoms with Crippen molar-refractivity contribution < 1.29 is 4.74 Å². The van der Waals surface area contributed by atoms with Crippen molar-refractivity contribution in [3.05, 3.63) is 113 Å². The standard InChI is InChI=1S/3C11H15N.C9H13NO/c1-8(2)10-5-6-12-11(7-10)9-3-4-9;1-8(2)11-10(9-5-6-9)4-3-7-12-11;1-8(2)10-4-3-7-12-11(10)9-5-6-9;1-7(2)8-4-5-10-9(6-8)11-3/h5-9H,3-4H2,1-2H3;2*3-4,7-9H,5-6H2,1-2H3;4-7H,1-3H3. The molecule has 4 heterocycles. The molecule has 0 radical (unpaired) electrons. The molecule has 7 rings (SSSR count). The lowest BCUT2D eigenvalue weighted by molar-refractivity contribution is 0.397. The Morgan fingerprint density at radius 3 is 1.68 bits per heavy atom. The van der Waals surface area contributed by atoms with Crippen LogP contribution in [0.1, 0.15) is 175 Å². The highest BCUT2D eigenvalue weighted by molar-refractivity contribution is 5.30. The first-order valence-electron chi connectivity index (χ1n) is 17.9. The Morgan fingerprint density at radius 2 is 1.13 bits per heavy atom. The van der Waals surface area contributed by atoms with Gasteiger partial charge in [-0.2, -0.15) is 0 Å². The van der Waals surface area contributed by atoms with Crippen LogP contribution in [0.4, 0.5) is 0 Å². The zero-order valence-corrected chi connectivity index (χ0v) is 30.4. The average molecular weight is 635 g/mol. The summed E-state index contributed by atoms with van der Waals surface area (Å²) in [5.74, 6) is 5.44. The fourth-order valence-corrected chi connectivity index (χ4v) is 5.59.